The summed E-state index contributed by atoms with van der Waals surface area (Å²) in [5.41, 5.74) is 6.19. The number of hydrogen-bond donors (Lipinski definition) is 1. The summed E-state index contributed by atoms with van der Waals surface area (Å²) in [5.74, 6) is 0.464. The highest BCUT2D eigenvalue weighted by molar-refractivity contribution is 7.17. The fourth-order valence-corrected chi connectivity index (χ4v) is 5.42. The Bertz CT molecular complexity index is 1660. The normalized spacial score (nSPS) is 10.8. The number of hydrogen-bond acceptors (Lipinski definition) is 5. The number of pyridine rings is 1. The van der Waals surface area contributed by atoms with Crippen molar-refractivity contribution in [3.63, 3.8) is 0 Å². The Labute approximate surface area is 220 Å². The third-order valence-corrected chi connectivity index (χ3v) is 7.19. The number of anilines is 1. The molecule has 182 valence electrons. The zero-order valence-electron chi connectivity index (χ0n) is 20.8. The van der Waals surface area contributed by atoms with E-state index >= 15 is 0 Å². The summed E-state index contributed by atoms with van der Waals surface area (Å²) in [5, 5.41) is 14.3. The van der Waals surface area contributed by atoms with Gasteiger partial charge >= 0.3 is 0 Å². The number of benzene rings is 3. The first-order valence-electron chi connectivity index (χ1n) is 12.0. The molecule has 1 amide bonds. The average Bonchev–Trinajstić information content (AvgIpc) is 3.23. The quantitative estimate of drug-likeness (QED) is 0.257. The number of ether oxygens (including phenoxy) is 1. The predicted octanol–water partition coefficient (Wildman–Crippen LogP) is 7.77. The van der Waals surface area contributed by atoms with Crippen LogP contribution in [0.3, 0.4) is 0 Å². The molecule has 3 aromatic carbocycles. The maximum Gasteiger partial charge on any atom is 0.257 e. The van der Waals surface area contributed by atoms with Crippen LogP contribution < -0.4 is 10.1 Å². The lowest BCUT2D eigenvalue weighted by molar-refractivity contribution is 0.102. The summed E-state index contributed by atoms with van der Waals surface area (Å²) >= 11 is 1.41. The molecule has 0 atom stereocenters. The van der Waals surface area contributed by atoms with E-state index in [0.29, 0.717) is 28.4 Å². The smallest absolute Gasteiger partial charge is 0.257 e. The number of nitrogens with zero attached hydrogens (tertiary/aromatic N) is 2. The van der Waals surface area contributed by atoms with Gasteiger partial charge in [0.15, 0.2) is 0 Å². The fourth-order valence-electron chi connectivity index (χ4n) is 4.40. The molecule has 5 nitrogen and oxygen atoms in total. The van der Waals surface area contributed by atoms with Crippen LogP contribution in [0.2, 0.25) is 0 Å². The lowest BCUT2D eigenvalue weighted by atomic mass is 10.0. The van der Waals surface area contributed by atoms with Crippen LogP contribution in [0.25, 0.3) is 33.3 Å². The predicted molar refractivity (Wildman–Crippen MR) is 150 cm³/mol. The van der Waals surface area contributed by atoms with Crippen LogP contribution in [0.4, 0.5) is 5.00 Å². The van der Waals surface area contributed by atoms with Gasteiger partial charge in [0.05, 0.1) is 28.9 Å². The number of nitrogens with one attached hydrogen (secondary N) is 1. The molecule has 0 aliphatic carbocycles. The van der Waals surface area contributed by atoms with Gasteiger partial charge in [0.2, 0.25) is 0 Å². The van der Waals surface area contributed by atoms with Gasteiger partial charge in [0.25, 0.3) is 5.91 Å². The molecule has 0 saturated heterocycles. The van der Waals surface area contributed by atoms with Crippen LogP contribution in [0.5, 0.6) is 5.75 Å². The number of aromatic nitrogens is 1. The van der Waals surface area contributed by atoms with Gasteiger partial charge in [-0.2, -0.15) is 5.26 Å². The summed E-state index contributed by atoms with van der Waals surface area (Å²) in [6.45, 7) is 6.51. The van der Waals surface area contributed by atoms with E-state index < -0.39 is 0 Å². The third kappa shape index (κ3) is 4.82. The monoisotopic (exact) mass is 503 g/mol. The molecule has 2 aromatic heterocycles. The number of thiophene rings is 1. The van der Waals surface area contributed by atoms with Gasteiger partial charge in [-0.15, -0.1) is 11.3 Å². The molecule has 0 unspecified atom stereocenters. The van der Waals surface area contributed by atoms with Crippen molar-refractivity contribution in [1.29, 1.82) is 5.26 Å². The highest BCUT2D eigenvalue weighted by Crippen LogP contribution is 2.40. The third-order valence-electron chi connectivity index (χ3n) is 6.16. The van der Waals surface area contributed by atoms with Crippen molar-refractivity contribution in [1.82, 2.24) is 4.98 Å². The standard InChI is InChI=1S/C31H25N3O2S/c1-4-36-23-9-7-8-22(16-23)28-17-25(24-10-5-6-11-27(24)33-28)30(35)34-31-26(18-32)29(20(3)37-31)21-14-12-19(2)13-15-21/h5-17H,4H2,1-3H3,(H,34,35). The Morgan fingerprint density at radius 2 is 1.78 bits per heavy atom. The number of fused-ring (bicyclic) bond motifs is 1. The molecular weight excluding hydrogens is 478 g/mol. The topological polar surface area (TPSA) is 75.0 Å². The van der Waals surface area contributed by atoms with Crippen molar-refractivity contribution in [3.05, 3.63) is 100 Å². The zero-order chi connectivity index (χ0) is 25.9. The number of para-hydroxylation sites is 1. The minimum absolute atomic E-state index is 0.283. The summed E-state index contributed by atoms with van der Waals surface area (Å²) in [7, 11) is 0. The molecule has 0 bridgehead atoms. The molecule has 0 aliphatic heterocycles. The van der Waals surface area contributed by atoms with Crippen LogP contribution in [-0.2, 0) is 0 Å². The molecule has 0 fully saturated rings. The van der Waals surface area contributed by atoms with Gasteiger partial charge in [-0.3, -0.25) is 4.79 Å². The van der Waals surface area contributed by atoms with E-state index in [0.717, 1.165) is 43.8 Å². The van der Waals surface area contributed by atoms with Gasteiger partial charge < -0.3 is 10.1 Å². The van der Waals surface area contributed by atoms with Crippen molar-refractivity contribution >= 4 is 33.1 Å². The van der Waals surface area contributed by atoms with Gasteiger partial charge in [-0.05, 0) is 50.6 Å². The molecule has 0 spiro atoms. The van der Waals surface area contributed by atoms with Gasteiger partial charge in [-0.1, -0.05) is 60.2 Å². The number of aryl methyl sites for hydroxylation is 2. The molecule has 0 saturated carbocycles. The molecule has 1 N–H and O–H groups in total. The highest BCUT2D eigenvalue weighted by Gasteiger charge is 2.21. The Kier molecular flexibility index (Phi) is 6.72. The number of carbonyl (C=O) groups is 1. The summed E-state index contributed by atoms with van der Waals surface area (Å²) in [6.07, 6.45) is 0. The van der Waals surface area contributed by atoms with E-state index in [1.54, 1.807) is 6.07 Å². The van der Waals surface area contributed by atoms with E-state index in [9.17, 15) is 10.1 Å². The van der Waals surface area contributed by atoms with E-state index in [1.807, 2.05) is 93.6 Å². The van der Waals surface area contributed by atoms with Crippen LogP contribution in [-0.4, -0.2) is 17.5 Å². The second-order valence-electron chi connectivity index (χ2n) is 8.70. The van der Waals surface area contributed by atoms with Crippen LogP contribution in [0, 0.1) is 25.2 Å². The fraction of sp³-hybridized carbons (Fsp3) is 0.129. The molecule has 5 rings (SSSR count). The Morgan fingerprint density at radius 3 is 2.54 bits per heavy atom. The minimum Gasteiger partial charge on any atom is -0.494 e. The molecule has 37 heavy (non-hydrogen) atoms. The van der Waals surface area contributed by atoms with Crippen molar-refractivity contribution < 1.29 is 9.53 Å². The molecule has 0 aliphatic rings. The summed E-state index contributed by atoms with van der Waals surface area (Å²) < 4.78 is 5.66. The summed E-state index contributed by atoms with van der Waals surface area (Å²) in [4.78, 5) is 19.5. The zero-order valence-corrected chi connectivity index (χ0v) is 21.6. The van der Waals surface area contributed by atoms with Crippen LogP contribution >= 0.6 is 11.3 Å². The van der Waals surface area contributed by atoms with Crippen molar-refractivity contribution in [2.24, 2.45) is 0 Å². The SMILES string of the molecule is CCOc1cccc(-c2cc(C(=O)Nc3sc(C)c(-c4ccc(C)cc4)c3C#N)c3ccccc3n2)c1. The maximum atomic E-state index is 13.7. The number of rotatable bonds is 6. The lowest BCUT2D eigenvalue weighted by Gasteiger charge is -2.11. The first kappa shape index (κ1) is 24.2. The number of nitriles is 1. The van der Waals surface area contributed by atoms with Crippen molar-refractivity contribution in [2.45, 2.75) is 20.8 Å². The van der Waals surface area contributed by atoms with Gasteiger partial charge in [0, 0.05) is 21.4 Å². The first-order chi connectivity index (χ1) is 18.0. The Morgan fingerprint density at radius 1 is 1.00 bits per heavy atom. The molecule has 6 heteroatoms. The second-order valence-corrected chi connectivity index (χ2v) is 9.93. The van der Waals surface area contributed by atoms with Crippen LogP contribution in [0.1, 0.15) is 33.3 Å². The van der Waals surface area contributed by atoms with E-state index in [-0.39, 0.29) is 5.91 Å². The van der Waals surface area contributed by atoms with E-state index in [2.05, 4.69) is 11.4 Å². The summed E-state index contributed by atoms with van der Waals surface area (Å²) in [6, 6.07) is 27.5. The first-order valence-corrected chi connectivity index (χ1v) is 12.8. The van der Waals surface area contributed by atoms with Crippen molar-refractivity contribution in [2.75, 3.05) is 11.9 Å². The molecule has 2 heterocycles. The second kappa shape index (κ2) is 10.3. The van der Waals surface area contributed by atoms with E-state index in [4.69, 9.17) is 9.72 Å². The van der Waals surface area contributed by atoms with Gasteiger partial charge in [-0.25, -0.2) is 4.98 Å². The lowest BCUT2D eigenvalue weighted by Crippen LogP contribution is -2.13. The minimum atomic E-state index is -0.283. The Hall–Kier alpha value is -4.47. The van der Waals surface area contributed by atoms with E-state index in [1.165, 1.54) is 11.3 Å². The largest absolute Gasteiger partial charge is 0.494 e. The molecule has 5 aromatic rings. The molecule has 0 radical (unpaired) electrons. The Balaban J connectivity index is 1.57. The highest BCUT2D eigenvalue weighted by atomic mass is 32.1. The van der Waals surface area contributed by atoms with Gasteiger partial charge in [0.1, 0.15) is 16.8 Å². The average molecular weight is 504 g/mol. The van der Waals surface area contributed by atoms with Crippen LogP contribution in [0.15, 0.2) is 78.9 Å². The van der Waals surface area contributed by atoms with Crippen molar-refractivity contribution in [3.8, 4) is 34.2 Å². The molecular formula is C31H25N3O2S. The maximum absolute atomic E-state index is 13.7. The number of amides is 1. The number of carbonyl (C=O) groups excluding carboxylic acids is 1.